The monoisotopic (exact) mass is 255 g/mol. The fraction of sp³-hybridized carbons (Fsp3) is 0.769. The number of aryl methyl sites for hydroxylation is 1. The molecule has 98 valence electrons. The van der Waals surface area contributed by atoms with Crippen molar-refractivity contribution in [2.45, 2.75) is 53.1 Å². The van der Waals surface area contributed by atoms with Gasteiger partial charge in [0, 0.05) is 24.0 Å². The van der Waals surface area contributed by atoms with Crippen molar-refractivity contribution in [1.29, 1.82) is 0 Å². The molecule has 1 rings (SSSR count). The van der Waals surface area contributed by atoms with Crippen LogP contribution >= 0.6 is 11.3 Å². The Labute approximate surface area is 109 Å². The molecular formula is C13H25N3S. The van der Waals surface area contributed by atoms with Crippen LogP contribution in [0.1, 0.15) is 44.7 Å². The Hall–Kier alpha value is -0.610. The molecule has 0 radical (unpaired) electrons. The number of nitrogens with zero attached hydrogens (tertiary/aromatic N) is 2. The first-order valence-electron chi connectivity index (χ1n) is 6.33. The quantitative estimate of drug-likeness (QED) is 0.846. The smallest absolute Gasteiger partial charge is 0.185 e. The van der Waals surface area contributed by atoms with Crippen LogP contribution in [0.4, 0.5) is 5.13 Å². The van der Waals surface area contributed by atoms with Crippen LogP contribution in [0.2, 0.25) is 0 Å². The number of rotatable bonds is 6. The van der Waals surface area contributed by atoms with Gasteiger partial charge in [0.25, 0.3) is 0 Å². The van der Waals surface area contributed by atoms with Gasteiger partial charge in [-0.1, -0.05) is 13.8 Å². The second kappa shape index (κ2) is 5.83. The van der Waals surface area contributed by atoms with Gasteiger partial charge in [0.15, 0.2) is 5.13 Å². The molecule has 0 unspecified atom stereocenters. The van der Waals surface area contributed by atoms with Gasteiger partial charge in [0.05, 0.1) is 5.69 Å². The summed E-state index contributed by atoms with van der Waals surface area (Å²) in [6.45, 7) is 12.9. The van der Waals surface area contributed by atoms with Crippen LogP contribution in [-0.2, 0) is 6.54 Å². The van der Waals surface area contributed by atoms with Crippen LogP contribution in [-0.4, -0.2) is 24.1 Å². The maximum absolute atomic E-state index is 4.68. The van der Waals surface area contributed by atoms with E-state index < -0.39 is 0 Å². The first-order valence-corrected chi connectivity index (χ1v) is 7.14. The molecule has 0 aliphatic carbocycles. The third-order valence-electron chi connectivity index (χ3n) is 3.48. The van der Waals surface area contributed by atoms with Gasteiger partial charge >= 0.3 is 0 Å². The second-order valence-corrected chi connectivity index (χ2v) is 6.07. The van der Waals surface area contributed by atoms with Crippen molar-refractivity contribution in [2.24, 2.45) is 0 Å². The highest BCUT2D eigenvalue weighted by molar-refractivity contribution is 7.15. The Morgan fingerprint density at radius 2 is 2.00 bits per heavy atom. The van der Waals surface area contributed by atoms with Crippen LogP contribution in [0, 0.1) is 6.92 Å². The summed E-state index contributed by atoms with van der Waals surface area (Å²) in [5.74, 6) is 0. The van der Waals surface area contributed by atoms with E-state index in [1.165, 1.54) is 4.88 Å². The van der Waals surface area contributed by atoms with Gasteiger partial charge in [-0.15, -0.1) is 11.3 Å². The van der Waals surface area contributed by atoms with Crippen molar-refractivity contribution in [3.05, 3.63) is 10.6 Å². The third-order valence-corrected chi connectivity index (χ3v) is 4.71. The van der Waals surface area contributed by atoms with E-state index in [1.54, 1.807) is 11.3 Å². The normalized spacial score (nSPS) is 11.9. The molecule has 4 heteroatoms. The van der Waals surface area contributed by atoms with Crippen LogP contribution < -0.4 is 10.2 Å². The number of aromatic nitrogens is 1. The maximum Gasteiger partial charge on any atom is 0.185 e. The lowest BCUT2D eigenvalue weighted by atomic mass is 10.0. The Kier molecular flexibility index (Phi) is 4.95. The van der Waals surface area contributed by atoms with Gasteiger partial charge in [-0.2, -0.15) is 0 Å². The van der Waals surface area contributed by atoms with Gasteiger partial charge in [-0.3, -0.25) is 0 Å². The molecule has 1 heterocycles. The van der Waals surface area contributed by atoms with Crippen molar-refractivity contribution in [3.8, 4) is 0 Å². The highest BCUT2D eigenvalue weighted by Crippen LogP contribution is 2.30. The van der Waals surface area contributed by atoms with Crippen molar-refractivity contribution in [3.63, 3.8) is 0 Å². The summed E-state index contributed by atoms with van der Waals surface area (Å²) in [6, 6.07) is 0. The Balaban J connectivity index is 2.85. The summed E-state index contributed by atoms with van der Waals surface area (Å²) < 4.78 is 0. The summed E-state index contributed by atoms with van der Waals surface area (Å²) in [5.41, 5.74) is 1.32. The second-order valence-electron chi connectivity index (χ2n) is 5.01. The molecule has 0 aliphatic heterocycles. The molecule has 0 saturated heterocycles. The molecule has 0 aromatic carbocycles. The van der Waals surface area contributed by atoms with Crippen LogP contribution in [0.15, 0.2) is 0 Å². The summed E-state index contributed by atoms with van der Waals surface area (Å²) in [5, 5.41) is 4.49. The van der Waals surface area contributed by atoms with E-state index in [0.717, 1.165) is 30.3 Å². The fourth-order valence-corrected chi connectivity index (χ4v) is 2.61. The minimum atomic E-state index is 0.166. The zero-order valence-corrected chi connectivity index (χ0v) is 12.7. The molecule has 1 aromatic heterocycles. The number of thiazole rings is 1. The van der Waals surface area contributed by atoms with E-state index in [9.17, 15) is 0 Å². The molecule has 0 fully saturated rings. The predicted molar refractivity (Wildman–Crippen MR) is 77.0 cm³/mol. The SMILES string of the molecule is CCNCc1sc(N(C)C(C)(C)CC)nc1C. The number of anilines is 1. The van der Waals surface area contributed by atoms with Gasteiger partial charge in [0.2, 0.25) is 0 Å². The molecule has 0 aliphatic rings. The van der Waals surface area contributed by atoms with Gasteiger partial charge in [-0.25, -0.2) is 4.98 Å². The minimum Gasteiger partial charge on any atom is -0.346 e. The van der Waals surface area contributed by atoms with Crippen molar-refractivity contribution >= 4 is 16.5 Å². The highest BCUT2D eigenvalue weighted by Gasteiger charge is 2.24. The molecule has 1 aromatic rings. The molecule has 0 atom stereocenters. The molecule has 17 heavy (non-hydrogen) atoms. The fourth-order valence-electron chi connectivity index (χ4n) is 1.45. The average molecular weight is 255 g/mol. The molecular weight excluding hydrogens is 230 g/mol. The van der Waals surface area contributed by atoms with E-state index in [-0.39, 0.29) is 5.54 Å². The van der Waals surface area contributed by atoms with Gasteiger partial charge in [0.1, 0.15) is 0 Å². The topological polar surface area (TPSA) is 28.2 Å². The van der Waals surface area contributed by atoms with Crippen LogP contribution in [0.3, 0.4) is 0 Å². The number of hydrogen-bond acceptors (Lipinski definition) is 4. The molecule has 0 bridgehead atoms. The summed E-state index contributed by atoms with van der Waals surface area (Å²) >= 11 is 1.80. The van der Waals surface area contributed by atoms with Crippen LogP contribution in [0.25, 0.3) is 0 Å². The van der Waals surface area contributed by atoms with Crippen molar-refractivity contribution < 1.29 is 0 Å². The number of hydrogen-bond donors (Lipinski definition) is 1. The van der Waals surface area contributed by atoms with Crippen molar-refractivity contribution in [1.82, 2.24) is 10.3 Å². The summed E-state index contributed by atoms with van der Waals surface area (Å²) in [7, 11) is 2.14. The van der Waals surface area contributed by atoms with Gasteiger partial charge in [-0.05, 0) is 33.7 Å². The molecule has 3 nitrogen and oxygen atoms in total. The first kappa shape index (κ1) is 14.5. The number of nitrogens with one attached hydrogen (secondary N) is 1. The lowest BCUT2D eigenvalue weighted by Gasteiger charge is -2.34. The Bertz CT molecular complexity index is 358. The van der Waals surface area contributed by atoms with E-state index in [2.05, 4.69) is 56.9 Å². The Morgan fingerprint density at radius 3 is 2.53 bits per heavy atom. The molecule has 1 N–H and O–H groups in total. The van der Waals surface area contributed by atoms with Crippen LogP contribution in [0.5, 0.6) is 0 Å². The van der Waals surface area contributed by atoms with E-state index >= 15 is 0 Å². The van der Waals surface area contributed by atoms with Crippen molar-refractivity contribution in [2.75, 3.05) is 18.5 Å². The van der Waals surface area contributed by atoms with Gasteiger partial charge < -0.3 is 10.2 Å². The highest BCUT2D eigenvalue weighted by atomic mass is 32.1. The third kappa shape index (κ3) is 3.42. The van der Waals surface area contributed by atoms with E-state index in [1.807, 2.05) is 0 Å². The lowest BCUT2D eigenvalue weighted by molar-refractivity contribution is 0.470. The summed E-state index contributed by atoms with van der Waals surface area (Å²) in [6.07, 6.45) is 1.12. The lowest BCUT2D eigenvalue weighted by Crippen LogP contribution is -2.40. The van der Waals surface area contributed by atoms with E-state index in [0.29, 0.717) is 0 Å². The zero-order valence-electron chi connectivity index (χ0n) is 11.9. The molecule has 0 spiro atoms. The Morgan fingerprint density at radius 1 is 1.35 bits per heavy atom. The van der Waals surface area contributed by atoms with E-state index in [4.69, 9.17) is 0 Å². The first-order chi connectivity index (χ1) is 7.92. The maximum atomic E-state index is 4.68. The molecule has 0 saturated carbocycles. The minimum absolute atomic E-state index is 0.166. The summed E-state index contributed by atoms with van der Waals surface area (Å²) in [4.78, 5) is 8.32. The standard InChI is InChI=1S/C13H25N3S/c1-7-13(4,5)16(6)12-15-10(3)11(17-12)9-14-8-2/h14H,7-9H2,1-6H3. The average Bonchev–Trinajstić information content (AvgIpc) is 2.67. The predicted octanol–water partition coefficient (Wildman–Crippen LogP) is 3.19. The largest absolute Gasteiger partial charge is 0.346 e. The molecule has 0 amide bonds. The zero-order chi connectivity index (χ0) is 13.1.